The van der Waals surface area contributed by atoms with Gasteiger partial charge in [-0.3, -0.25) is 5.32 Å². The fraction of sp³-hybridized carbons (Fsp3) is 0.667. The number of amides is 2. The summed E-state index contributed by atoms with van der Waals surface area (Å²) >= 11 is 1.30. The zero-order valence-electron chi connectivity index (χ0n) is 11.8. The van der Waals surface area contributed by atoms with E-state index in [1.165, 1.54) is 11.3 Å². The van der Waals surface area contributed by atoms with Gasteiger partial charge in [0.15, 0.2) is 0 Å². The Morgan fingerprint density at radius 2 is 2.05 bits per heavy atom. The smallest absolute Gasteiger partial charge is 0.326 e. The van der Waals surface area contributed by atoms with Crippen LogP contribution in [0.1, 0.15) is 38.6 Å². The number of hydrogen-bond acceptors (Lipinski definition) is 5. The lowest BCUT2D eigenvalue weighted by molar-refractivity contribution is -0.139. The van der Waals surface area contributed by atoms with Gasteiger partial charge < -0.3 is 10.4 Å². The van der Waals surface area contributed by atoms with Gasteiger partial charge in [-0.2, -0.15) is 0 Å². The number of carbonyl (C=O) groups excluding carboxylic acids is 1. The Balaban J connectivity index is 2.52. The van der Waals surface area contributed by atoms with E-state index in [1.54, 1.807) is 0 Å². The lowest BCUT2D eigenvalue weighted by Gasteiger charge is -2.12. The van der Waals surface area contributed by atoms with E-state index in [0.29, 0.717) is 23.9 Å². The highest BCUT2D eigenvalue weighted by Gasteiger charge is 2.19. The predicted octanol–water partition coefficient (Wildman–Crippen LogP) is 2.11. The summed E-state index contributed by atoms with van der Waals surface area (Å²) in [5.74, 6) is -0.578. The second-order valence-electron chi connectivity index (χ2n) is 4.88. The largest absolute Gasteiger partial charge is 0.480 e. The molecule has 0 aliphatic heterocycles. The van der Waals surface area contributed by atoms with Gasteiger partial charge in [-0.25, -0.2) is 9.59 Å². The average Bonchev–Trinajstić information content (AvgIpc) is 2.74. The summed E-state index contributed by atoms with van der Waals surface area (Å²) in [7, 11) is 0. The molecule has 0 saturated carbocycles. The molecule has 1 aromatic heterocycles. The topological polar surface area (TPSA) is 104 Å². The van der Waals surface area contributed by atoms with Crippen molar-refractivity contribution in [1.29, 1.82) is 0 Å². The van der Waals surface area contributed by atoms with Crippen molar-refractivity contribution in [3.8, 4) is 0 Å². The van der Waals surface area contributed by atoms with E-state index < -0.39 is 18.0 Å². The van der Waals surface area contributed by atoms with Crippen molar-refractivity contribution in [2.24, 2.45) is 5.92 Å². The molecule has 1 heterocycles. The zero-order chi connectivity index (χ0) is 15.1. The second kappa shape index (κ2) is 7.78. The Hall–Kier alpha value is -1.70. The first kappa shape index (κ1) is 16.4. The molecule has 0 aliphatic rings. The van der Waals surface area contributed by atoms with Gasteiger partial charge in [0.25, 0.3) is 0 Å². The fourth-order valence-corrected chi connectivity index (χ4v) is 2.52. The number of aromatic nitrogens is 2. The van der Waals surface area contributed by atoms with E-state index >= 15 is 0 Å². The highest BCUT2D eigenvalue weighted by molar-refractivity contribution is 7.15. The molecular weight excluding hydrogens is 280 g/mol. The highest BCUT2D eigenvalue weighted by atomic mass is 32.1. The van der Waals surface area contributed by atoms with Gasteiger partial charge in [-0.15, -0.1) is 10.2 Å². The van der Waals surface area contributed by atoms with Gasteiger partial charge >= 0.3 is 12.0 Å². The van der Waals surface area contributed by atoms with Crippen LogP contribution in [0.3, 0.4) is 0 Å². The molecule has 0 radical (unpaired) electrons. The highest BCUT2D eigenvalue weighted by Crippen LogP contribution is 2.18. The van der Waals surface area contributed by atoms with Crippen molar-refractivity contribution in [1.82, 2.24) is 15.5 Å². The van der Waals surface area contributed by atoms with Crippen molar-refractivity contribution in [2.45, 2.75) is 46.1 Å². The van der Waals surface area contributed by atoms with Crippen molar-refractivity contribution in [2.75, 3.05) is 5.32 Å². The Kier molecular flexibility index (Phi) is 6.37. The number of carbonyl (C=O) groups is 2. The molecule has 0 aliphatic carbocycles. The molecule has 112 valence electrons. The van der Waals surface area contributed by atoms with Crippen LogP contribution in [-0.2, 0) is 11.2 Å². The molecule has 20 heavy (non-hydrogen) atoms. The molecule has 7 nitrogen and oxygen atoms in total. The van der Waals surface area contributed by atoms with E-state index in [-0.39, 0.29) is 0 Å². The third-order valence-electron chi connectivity index (χ3n) is 2.45. The van der Waals surface area contributed by atoms with Crippen LogP contribution in [0.25, 0.3) is 0 Å². The van der Waals surface area contributed by atoms with Gasteiger partial charge in [-0.05, 0) is 12.3 Å². The maximum atomic E-state index is 11.7. The van der Waals surface area contributed by atoms with Crippen molar-refractivity contribution in [3.63, 3.8) is 0 Å². The van der Waals surface area contributed by atoms with Crippen LogP contribution in [0.4, 0.5) is 9.93 Å². The molecule has 1 aromatic rings. The summed E-state index contributed by atoms with van der Waals surface area (Å²) in [6.07, 6.45) is 1.86. The van der Waals surface area contributed by atoms with Gasteiger partial charge in [0, 0.05) is 6.42 Å². The molecule has 3 N–H and O–H groups in total. The summed E-state index contributed by atoms with van der Waals surface area (Å²) in [6, 6.07) is -1.46. The van der Waals surface area contributed by atoms with Gasteiger partial charge in [0.05, 0.1) is 0 Å². The first-order chi connectivity index (χ1) is 9.42. The number of carboxylic acid groups (broad SMARTS) is 1. The molecule has 8 heteroatoms. The summed E-state index contributed by atoms with van der Waals surface area (Å²) in [4.78, 5) is 22.6. The van der Waals surface area contributed by atoms with Gasteiger partial charge in [-0.1, -0.05) is 38.5 Å². The first-order valence-corrected chi connectivity index (χ1v) is 7.36. The SMILES string of the molecule is CCC[C@@H](NC(=O)Nc1nnc(CC(C)C)s1)C(=O)O. The maximum absolute atomic E-state index is 11.7. The molecule has 0 spiro atoms. The van der Waals surface area contributed by atoms with Crippen LogP contribution in [0.2, 0.25) is 0 Å². The Bertz CT molecular complexity index is 461. The number of nitrogens with zero attached hydrogens (tertiary/aromatic N) is 2. The molecule has 1 atom stereocenters. The normalized spacial score (nSPS) is 12.2. The molecular formula is C12H20N4O3S. The molecule has 1 rings (SSSR count). The minimum Gasteiger partial charge on any atom is -0.480 e. The first-order valence-electron chi connectivity index (χ1n) is 6.55. The lowest BCUT2D eigenvalue weighted by atomic mass is 10.1. The monoisotopic (exact) mass is 300 g/mol. The van der Waals surface area contributed by atoms with Crippen molar-refractivity contribution < 1.29 is 14.7 Å². The predicted molar refractivity (Wildman–Crippen MR) is 76.9 cm³/mol. The molecule has 0 fully saturated rings. The quantitative estimate of drug-likeness (QED) is 0.715. The summed E-state index contributed by atoms with van der Waals surface area (Å²) in [6.45, 7) is 6.01. The van der Waals surface area contributed by atoms with E-state index in [0.717, 1.165) is 11.4 Å². The third-order valence-corrected chi connectivity index (χ3v) is 3.31. The summed E-state index contributed by atoms with van der Waals surface area (Å²) in [5.41, 5.74) is 0. The van der Waals surface area contributed by atoms with Crippen LogP contribution in [0, 0.1) is 5.92 Å². The zero-order valence-corrected chi connectivity index (χ0v) is 12.7. The minimum absolute atomic E-state index is 0.374. The maximum Gasteiger partial charge on any atom is 0.326 e. The van der Waals surface area contributed by atoms with Crippen LogP contribution in [-0.4, -0.2) is 33.3 Å². The number of aliphatic carboxylic acids is 1. The molecule has 0 unspecified atom stereocenters. The van der Waals surface area contributed by atoms with Crippen molar-refractivity contribution >= 4 is 28.5 Å². The van der Waals surface area contributed by atoms with E-state index in [2.05, 4.69) is 34.7 Å². The summed E-state index contributed by atoms with van der Waals surface area (Å²) < 4.78 is 0. The second-order valence-corrected chi connectivity index (χ2v) is 5.94. The third kappa shape index (κ3) is 5.52. The Labute approximate surface area is 121 Å². The number of anilines is 1. The fourth-order valence-electron chi connectivity index (χ4n) is 1.57. The van der Waals surface area contributed by atoms with E-state index in [4.69, 9.17) is 5.11 Å². The van der Waals surface area contributed by atoms with Crippen LogP contribution >= 0.6 is 11.3 Å². The van der Waals surface area contributed by atoms with Crippen LogP contribution in [0.5, 0.6) is 0 Å². The number of urea groups is 1. The molecule has 0 aromatic carbocycles. The summed E-state index contributed by atoms with van der Waals surface area (Å²) in [5, 5.41) is 22.9. The number of hydrogen-bond donors (Lipinski definition) is 3. The number of carboxylic acids is 1. The lowest BCUT2D eigenvalue weighted by Crippen LogP contribution is -2.42. The molecule has 0 bridgehead atoms. The standard InChI is InChI=1S/C12H20N4O3S/c1-4-5-8(10(17)18)13-11(19)14-12-16-15-9(20-12)6-7(2)3/h7-8H,4-6H2,1-3H3,(H,17,18)(H2,13,14,16,19)/t8-/m1/s1. The van der Waals surface area contributed by atoms with Gasteiger partial charge in [0.2, 0.25) is 5.13 Å². The van der Waals surface area contributed by atoms with E-state index in [1.807, 2.05) is 6.92 Å². The van der Waals surface area contributed by atoms with Crippen LogP contribution in [0.15, 0.2) is 0 Å². The number of rotatable bonds is 7. The molecule has 0 saturated heterocycles. The van der Waals surface area contributed by atoms with Crippen LogP contribution < -0.4 is 10.6 Å². The molecule has 2 amide bonds. The average molecular weight is 300 g/mol. The van der Waals surface area contributed by atoms with E-state index in [9.17, 15) is 9.59 Å². The van der Waals surface area contributed by atoms with Crippen molar-refractivity contribution in [3.05, 3.63) is 5.01 Å². The van der Waals surface area contributed by atoms with Gasteiger partial charge in [0.1, 0.15) is 11.0 Å². The Morgan fingerprint density at radius 1 is 1.35 bits per heavy atom. The number of nitrogens with one attached hydrogen (secondary N) is 2. The minimum atomic E-state index is -1.04. The Morgan fingerprint density at radius 3 is 2.60 bits per heavy atom.